The molecule has 1 unspecified atom stereocenters. The number of nitro groups is 1. The van der Waals surface area contributed by atoms with Crippen LogP contribution in [-0.4, -0.2) is 40.0 Å². The molecule has 0 bridgehead atoms. The number of hydrogen-bond donors (Lipinski definition) is 0. The monoisotopic (exact) mass is 304 g/mol. The Bertz CT molecular complexity index is 472. The van der Waals surface area contributed by atoms with E-state index in [1.54, 1.807) is 30.6 Å². The first kappa shape index (κ1) is 16.0. The number of aryl methyl sites for hydroxylation is 1. The molecule has 6 nitrogen and oxygen atoms in total. The molecule has 0 saturated heterocycles. The summed E-state index contributed by atoms with van der Waals surface area (Å²) in [4.78, 5) is 20.3. The maximum absolute atomic E-state index is 11.1. The molecule has 1 heterocycles. The van der Waals surface area contributed by atoms with Gasteiger partial charge in [0.15, 0.2) is 0 Å². The Balaban J connectivity index is 3.14. The Kier molecular flexibility index (Phi) is 5.81. The predicted molar refractivity (Wildman–Crippen MR) is 79.3 cm³/mol. The molecule has 0 fully saturated rings. The first-order valence-corrected chi connectivity index (χ1v) is 7.56. The van der Waals surface area contributed by atoms with Gasteiger partial charge in [-0.05, 0) is 43.9 Å². The van der Waals surface area contributed by atoms with Gasteiger partial charge in [0.2, 0.25) is 11.1 Å². The zero-order valence-electron chi connectivity index (χ0n) is 11.4. The highest BCUT2D eigenvalue weighted by atomic mass is 35.5. The van der Waals surface area contributed by atoms with Crippen LogP contribution in [0.5, 0.6) is 0 Å². The normalized spacial score (nSPS) is 12.3. The number of halogens is 1. The molecule has 106 valence electrons. The van der Waals surface area contributed by atoms with Crippen molar-refractivity contribution in [2.24, 2.45) is 0 Å². The van der Waals surface area contributed by atoms with Gasteiger partial charge in [-0.3, -0.25) is 10.1 Å². The van der Waals surface area contributed by atoms with Crippen molar-refractivity contribution in [3.8, 4) is 0 Å². The van der Waals surface area contributed by atoms with Crippen molar-refractivity contribution in [1.82, 2.24) is 9.97 Å². The summed E-state index contributed by atoms with van der Waals surface area (Å²) in [7, 11) is 1.79. The highest BCUT2D eigenvalue weighted by Crippen LogP contribution is 2.30. The van der Waals surface area contributed by atoms with Crippen molar-refractivity contribution in [2.45, 2.75) is 26.3 Å². The van der Waals surface area contributed by atoms with E-state index in [-0.39, 0.29) is 28.5 Å². The Morgan fingerprint density at radius 3 is 2.68 bits per heavy atom. The van der Waals surface area contributed by atoms with Crippen molar-refractivity contribution < 1.29 is 4.92 Å². The van der Waals surface area contributed by atoms with Crippen LogP contribution in [0.4, 0.5) is 11.5 Å². The van der Waals surface area contributed by atoms with Gasteiger partial charge >= 0.3 is 5.69 Å². The summed E-state index contributed by atoms with van der Waals surface area (Å²) in [6, 6.07) is 0.136. The topological polar surface area (TPSA) is 72.2 Å². The average molecular weight is 305 g/mol. The van der Waals surface area contributed by atoms with E-state index in [0.29, 0.717) is 0 Å². The van der Waals surface area contributed by atoms with Gasteiger partial charge in [0.1, 0.15) is 5.69 Å². The van der Waals surface area contributed by atoms with Crippen molar-refractivity contribution in [1.29, 1.82) is 0 Å². The first-order chi connectivity index (χ1) is 8.88. The van der Waals surface area contributed by atoms with Crippen LogP contribution in [0.1, 0.15) is 19.0 Å². The van der Waals surface area contributed by atoms with Crippen LogP contribution in [0.25, 0.3) is 0 Å². The highest BCUT2D eigenvalue weighted by molar-refractivity contribution is 7.98. The number of thioether (sulfide) groups is 1. The number of hydrogen-bond acceptors (Lipinski definition) is 6. The molecular weight excluding hydrogens is 288 g/mol. The Labute approximate surface area is 121 Å². The molecule has 0 aliphatic heterocycles. The molecule has 0 aliphatic rings. The highest BCUT2D eigenvalue weighted by Gasteiger charge is 2.26. The summed E-state index contributed by atoms with van der Waals surface area (Å²) in [6.45, 7) is 3.57. The molecule has 0 aromatic carbocycles. The van der Waals surface area contributed by atoms with Gasteiger partial charge in [-0.2, -0.15) is 16.7 Å². The van der Waals surface area contributed by atoms with Gasteiger partial charge in [0.25, 0.3) is 0 Å². The SMILES string of the molecule is CSCCC(C)N(C)c1nc(Cl)nc(C)c1[N+](=O)[O-]. The predicted octanol–water partition coefficient (Wildman–Crippen LogP) is 2.92. The van der Waals surface area contributed by atoms with E-state index in [9.17, 15) is 10.1 Å². The maximum atomic E-state index is 11.1. The molecule has 0 spiro atoms. The third-order valence-corrected chi connectivity index (χ3v) is 3.74. The van der Waals surface area contributed by atoms with Crippen LogP contribution < -0.4 is 4.90 Å². The second-order valence-corrected chi connectivity index (χ2v) is 5.57. The van der Waals surface area contributed by atoms with Gasteiger partial charge in [-0.25, -0.2) is 4.98 Å². The van der Waals surface area contributed by atoms with Crippen molar-refractivity contribution >= 4 is 34.9 Å². The molecule has 0 radical (unpaired) electrons. The number of nitrogens with zero attached hydrogens (tertiary/aromatic N) is 4. The molecule has 1 aromatic heterocycles. The van der Waals surface area contributed by atoms with E-state index in [0.717, 1.165) is 12.2 Å². The van der Waals surface area contributed by atoms with Crippen LogP contribution in [-0.2, 0) is 0 Å². The fraction of sp³-hybridized carbons (Fsp3) is 0.636. The lowest BCUT2D eigenvalue weighted by Gasteiger charge is -2.25. The summed E-state index contributed by atoms with van der Waals surface area (Å²) < 4.78 is 0. The lowest BCUT2D eigenvalue weighted by molar-refractivity contribution is -0.385. The zero-order valence-corrected chi connectivity index (χ0v) is 13.0. The van der Waals surface area contributed by atoms with Gasteiger partial charge in [-0.15, -0.1) is 0 Å². The summed E-state index contributed by atoms with van der Waals surface area (Å²) in [6.07, 6.45) is 2.94. The van der Waals surface area contributed by atoms with Crippen LogP contribution in [0.2, 0.25) is 5.28 Å². The maximum Gasteiger partial charge on any atom is 0.332 e. The molecule has 0 N–H and O–H groups in total. The second-order valence-electron chi connectivity index (χ2n) is 4.25. The number of anilines is 1. The smallest absolute Gasteiger partial charge is 0.332 e. The minimum absolute atomic E-state index is 0.0296. The molecule has 19 heavy (non-hydrogen) atoms. The third kappa shape index (κ3) is 3.94. The van der Waals surface area contributed by atoms with Crippen LogP contribution in [0, 0.1) is 17.0 Å². The van der Waals surface area contributed by atoms with Crippen molar-refractivity contribution in [3.63, 3.8) is 0 Å². The Morgan fingerprint density at radius 2 is 2.16 bits per heavy atom. The van der Waals surface area contributed by atoms with E-state index in [1.807, 2.05) is 13.2 Å². The van der Waals surface area contributed by atoms with Crippen molar-refractivity contribution in [2.75, 3.05) is 24.0 Å². The molecule has 1 rings (SSSR count). The zero-order chi connectivity index (χ0) is 14.6. The minimum Gasteiger partial charge on any atom is -0.351 e. The van der Waals surface area contributed by atoms with Crippen LogP contribution in [0.3, 0.4) is 0 Å². The van der Waals surface area contributed by atoms with Gasteiger partial charge < -0.3 is 4.90 Å². The van der Waals surface area contributed by atoms with E-state index in [1.165, 1.54) is 0 Å². The quantitative estimate of drug-likeness (QED) is 0.457. The van der Waals surface area contributed by atoms with E-state index < -0.39 is 4.92 Å². The number of aromatic nitrogens is 2. The van der Waals surface area contributed by atoms with Crippen molar-refractivity contribution in [3.05, 3.63) is 21.1 Å². The standard InChI is InChI=1S/C11H17ClN4O2S/c1-7(5-6-19-4)15(3)10-9(16(17)18)8(2)13-11(12)14-10/h7H,5-6H2,1-4H3. The molecule has 0 aliphatic carbocycles. The fourth-order valence-corrected chi connectivity index (χ4v) is 2.45. The third-order valence-electron chi connectivity index (χ3n) is 2.93. The Hall–Kier alpha value is -1.08. The molecule has 1 aromatic rings. The summed E-state index contributed by atoms with van der Waals surface area (Å²) in [5.41, 5.74) is 0.201. The first-order valence-electron chi connectivity index (χ1n) is 5.78. The lowest BCUT2D eigenvalue weighted by atomic mass is 10.2. The van der Waals surface area contributed by atoms with E-state index in [2.05, 4.69) is 9.97 Å². The van der Waals surface area contributed by atoms with Crippen LogP contribution in [0.15, 0.2) is 0 Å². The molecule has 1 atom stereocenters. The van der Waals surface area contributed by atoms with Crippen LogP contribution >= 0.6 is 23.4 Å². The van der Waals surface area contributed by atoms with E-state index in [4.69, 9.17) is 11.6 Å². The van der Waals surface area contributed by atoms with Gasteiger partial charge in [0, 0.05) is 13.1 Å². The second kappa shape index (κ2) is 6.91. The number of rotatable bonds is 6. The van der Waals surface area contributed by atoms with Gasteiger partial charge in [-0.1, -0.05) is 0 Å². The van der Waals surface area contributed by atoms with E-state index >= 15 is 0 Å². The molecule has 8 heteroatoms. The Morgan fingerprint density at radius 1 is 1.53 bits per heavy atom. The summed E-state index contributed by atoms with van der Waals surface area (Å²) in [5.74, 6) is 1.26. The minimum atomic E-state index is -0.460. The summed E-state index contributed by atoms with van der Waals surface area (Å²) in [5, 5.41) is 11.2. The fourth-order valence-electron chi connectivity index (χ4n) is 1.67. The lowest BCUT2D eigenvalue weighted by Crippen LogP contribution is -2.31. The molecule has 0 saturated carbocycles. The summed E-state index contributed by atoms with van der Waals surface area (Å²) >= 11 is 7.54. The average Bonchev–Trinajstić information content (AvgIpc) is 2.33. The van der Waals surface area contributed by atoms with Gasteiger partial charge in [0.05, 0.1) is 4.92 Å². The molecule has 0 amide bonds. The largest absolute Gasteiger partial charge is 0.351 e. The molecular formula is C11H17ClN4O2S.